The third-order valence-corrected chi connectivity index (χ3v) is 6.69. The molecule has 0 saturated heterocycles. The average molecular weight is 395 g/mol. The van der Waals surface area contributed by atoms with Crippen LogP contribution < -0.4 is 21.5 Å². The minimum atomic E-state index is -0.570. The van der Waals surface area contributed by atoms with Crippen molar-refractivity contribution in [2.45, 2.75) is 78.3 Å². The number of hydrogen-bond donors (Lipinski definition) is 4. The second-order valence-electron chi connectivity index (χ2n) is 9.64. The van der Waals surface area contributed by atoms with Gasteiger partial charge in [0.25, 0.3) is 5.91 Å². The van der Waals surface area contributed by atoms with Crippen LogP contribution >= 0.6 is 12.2 Å². The molecule has 4 saturated carbocycles. The lowest BCUT2D eigenvalue weighted by molar-refractivity contribution is -0.149. The molecule has 0 radical (unpaired) electrons. The summed E-state index contributed by atoms with van der Waals surface area (Å²) < 4.78 is 0. The summed E-state index contributed by atoms with van der Waals surface area (Å²) in [6.07, 6.45) is 6.88. The van der Waals surface area contributed by atoms with E-state index in [1.54, 1.807) is 0 Å². The van der Waals surface area contributed by atoms with Crippen molar-refractivity contribution in [3.63, 3.8) is 0 Å². The summed E-state index contributed by atoms with van der Waals surface area (Å²) in [4.78, 5) is 25.9. The minimum Gasteiger partial charge on any atom is -0.359 e. The molecule has 4 rings (SSSR count). The van der Waals surface area contributed by atoms with E-state index in [2.05, 4.69) is 21.5 Å². The van der Waals surface area contributed by atoms with Crippen LogP contribution in [0.5, 0.6) is 0 Å². The molecule has 0 aromatic rings. The molecule has 1 atom stereocenters. The average Bonchev–Trinajstić information content (AvgIpc) is 2.55. The molecule has 4 bridgehead atoms. The highest BCUT2D eigenvalue weighted by atomic mass is 32.1. The maximum absolute atomic E-state index is 13.2. The van der Waals surface area contributed by atoms with Crippen LogP contribution in [-0.4, -0.2) is 29.0 Å². The Morgan fingerprint density at radius 1 is 0.889 bits per heavy atom. The van der Waals surface area contributed by atoms with E-state index in [1.807, 2.05) is 27.7 Å². The van der Waals surface area contributed by atoms with Crippen LogP contribution in [0.1, 0.15) is 66.2 Å². The molecule has 27 heavy (non-hydrogen) atoms. The minimum absolute atomic E-state index is 0.00343. The first kappa shape index (κ1) is 20.4. The topological polar surface area (TPSA) is 82.3 Å². The van der Waals surface area contributed by atoms with Crippen molar-refractivity contribution in [3.05, 3.63) is 0 Å². The lowest BCUT2D eigenvalue weighted by Crippen LogP contribution is -2.60. The molecule has 2 amide bonds. The van der Waals surface area contributed by atoms with E-state index in [0.29, 0.717) is 22.9 Å². The van der Waals surface area contributed by atoms with Gasteiger partial charge in [-0.25, -0.2) is 0 Å². The molecule has 0 aromatic carbocycles. The van der Waals surface area contributed by atoms with Crippen molar-refractivity contribution in [2.75, 3.05) is 0 Å². The Bertz CT molecular complexity index is 570. The summed E-state index contributed by atoms with van der Waals surface area (Å²) in [6, 6.07) is -0.390. The van der Waals surface area contributed by atoms with Gasteiger partial charge < -0.3 is 10.6 Å². The van der Waals surface area contributed by atoms with Gasteiger partial charge in [-0.15, -0.1) is 0 Å². The van der Waals surface area contributed by atoms with E-state index in [0.717, 1.165) is 19.3 Å². The van der Waals surface area contributed by atoms with Crippen LogP contribution in [0.3, 0.4) is 0 Å². The first-order valence-electron chi connectivity index (χ1n) is 10.4. The molecule has 0 unspecified atom stereocenters. The van der Waals surface area contributed by atoms with E-state index in [1.165, 1.54) is 19.3 Å². The Kier molecular flexibility index (Phi) is 5.99. The number of rotatable bonds is 5. The Hall–Kier alpha value is -1.37. The molecule has 0 spiro atoms. The fourth-order valence-electron chi connectivity index (χ4n) is 5.71. The summed E-state index contributed by atoms with van der Waals surface area (Å²) in [5.41, 5.74) is 5.12. The molecule has 4 fully saturated rings. The largest absolute Gasteiger partial charge is 0.359 e. The zero-order valence-electron chi connectivity index (χ0n) is 16.9. The van der Waals surface area contributed by atoms with Gasteiger partial charge in [-0.05, 0) is 88.3 Å². The van der Waals surface area contributed by atoms with Crippen molar-refractivity contribution >= 4 is 29.1 Å². The van der Waals surface area contributed by atoms with Gasteiger partial charge in [0.2, 0.25) is 5.91 Å². The molecular weight excluding hydrogens is 360 g/mol. The SMILES string of the molecule is CC(C)NC(=S)NNC(=O)[C@@H](NC(=O)C12CC3CC(CC(C3)C1)C2)C(C)C. The second-order valence-corrected chi connectivity index (χ2v) is 10.0. The summed E-state index contributed by atoms with van der Waals surface area (Å²) in [6.45, 7) is 7.85. The zero-order chi connectivity index (χ0) is 19.8. The lowest BCUT2D eigenvalue weighted by atomic mass is 9.49. The van der Waals surface area contributed by atoms with Gasteiger partial charge in [0.1, 0.15) is 6.04 Å². The molecule has 7 heteroatoms. The Morgan fingerprint density at radius 3 is 1.85 bits per heavy atom. The number of thiocarbonyl (C=S) groups is 1. The molecule has 4 aliphatic carbocycles. The normalized spacial score (nSPS) is 32.3. The summed E-state index contributed by atoms with van der Waals surface area (Å²) in [5, 5.41) is 6.47. The van der Waals surface area contributed by atoms with E-state index < -0.39 is 6.04 Å². The maximum atomic E-state index is 13.2. The van der Waals surface area contributed by atoms with Crippen LogP contribution in [0.25, 0.3) is 0 Å². The Labute approximate surface area is 168 Å². The van der Waals surface area contributed by atoms with Crippen molar-refractivity contribution in [3.8, 4) is 0 Å². The van der Waals surface area contributed by atoms with Crippen molar-refractivity contribution < 1.29 is 9.59 Å². The van der Waals surface area contributed by atoms with Crippen LogP contribution in [0.2, 0.25) is 0 Å². The highest BCUT2D eigenvalue weighted by molar-refractivity contribution is 7.80. The monoisotopic (exact) mass is 394 g/mol. The summed E-state index contributed by atoms with van der Waals surface area (Å²) in [5.74, 6) is 1.93. The molecule has 6 nitrogen and oxygen atoms in total. The fourth-order valence-corrected chi connectivity index (χ4v) is 6.00. The molecular formula is C20H34N4O2S. The second kappa shape index (κ2) is 7.94. The van der Waals surface area contributed by atoms with Crippen molar-refractivity contribution in [1.82, 2.24) is 21.5 Å². The molecule has 4 aliphatic rings. The molecule has 0 aliphatic heterocycles. The fraction of sp³-hybridized carbons (Fsp3) is 0.850. The first-order valence-corrected chi connectivity index (χ1v) is 10.8. The highest BCUT2D eigenvalue weighted by Gasteiger charge is 2.55. The predicted octanol–water partition coefficient (Wildman–Crippen LogP) is 2.25. The van der Waals surface area contributed by atoms with Crippen LogP contribution in [0.15, 0.2) is 0 Å². The zero-order valence-corrected chi connectivity index (χ0v) is 17.7. The van der Waals surface area contributed by atoms with Gasteiger partial charge in [-0.3, -0.25) is 20.4 Å². The lowest BCUT2D eigenvalue weighted by Gasteiger charge is -2.55. The Balaban J connectivity index is 1.60. The van der Waals surface area contributed by atoms with Crippen LogP contribution in [-0.2, 0) is 9.59 Å². The summed E-state index contributed by atoms with van der Waals surface area (Å²) >= 11 is 5.14. The number of nitrogens with one attached hydrogen (secondary N) is 4. The Morgan fingerprint density at radius 2 is 1.41 bits per heavy atom. The van der Waals surface area contributed by atoms with Gasteiger partial charge in [-0.1, -0.05) is 13.8 Å². The summed E-state index contributed by atoms with van der Waals surface area (Å²) in [7, 11) is 0. The van der Waals surface area contributed by atoms with Crippen LogP contribution in [0.4, 0.5) is 0 Å². The van der Waals surface area contributed by atoms with Gasteiger partial charge in [0, 0.05) is 11.5 Å². The quantitative estimate of drug-likeness (QED) is 0.425. The van der Waals surface area contributed by atoms with E-state index in [4.69, 9.17) is 12.2 Å². The van der Waals surface area contributed by atoms with E-state index in [-0.39, 0.29) is 29.2 Å². The smallest absolute Gasteiger partial charge is 0.261 e. The molecule has 4 N–H and O–H groups in total. The van der Waals surface area contributed by atoms with Gasteiger partial charge in [0.05, 0.1) is 0 Å². The van der Waals surface area contributed by atoms with Gasteiger partial charge in [-0.2, -0.15) is 0 Å². The highest BCUT2D eigenvalue weighted by Crippen LogP contribution is 2.60. The number of carbonyl (C=O) groups excluding carboxylic acids is 2. The van der Waals surface area contributed by atoms with Gasteiger partial charge in [0.15, 0.2) is 5.11 Å². The molecule has 0 aromatic heterocycles. The number of carbonyl (C=O) groups is 2. The predicted molar refractivity (Wildman–Crippen MR) is 110 cm³/mol. The first-order chi connectivity index (χ1) is 12.7. The number of hydrazine groups is 1. The number of hydrogen-bond acceptors (Lipinski definition) is 3. The van der Waals surface area contributed by atoms with E-state index in [9.17, 15) is 9.59 Å². The standard InChI is InChI=1S/C20H34N4O2S/c1-11(2)16(17(25)23-24-19(27)21-12(3)4)22-18(26)20-8-13-5-14(9-20)7-15(6-13)10-20/h11-16H,5-10H2,1-4H3,(H,22,26)(H,23,25)(H2,21,24,27)/t13?,14?,15?,16-,20?/m0/s1. The number of amides is 2. The third kappa shape index (κ3) is 4.55. The van der Waals surface area contributed by atoms with Crippen molar-refractivity contribution in [2.24, 2.45) is 29.1 Å². The molecule has 152 valence electrons. The van der Waals surface area contributed by atoms with Crippen molar-refractivity contribution in [1.29, 1.82) is 0 Å². The molecule has 0 heterocycles. The van der Waals surface area contributed by atoms with Gasteiger partial charge >= 0.3 is 0 Å². The van der Waals surface area contributed by atoms with E-state index >= 15 is 0 Å². The maximum Gasteiger partial charge on any atom is 0.261 e. The third-order valence-electron chi connectivity index (χ3n) is 6.47. The van der Waals surface area contributed by atoms with Crippen LogP contribution in [0, 0.1) is 29.1 Å².